The number of hydrogen-bond acceptors (Lipinski definition) is 6. The number of benzene rings is 3. The molecule has 0 radical (unpaired) electrons. The lowest BCUT2D eigenvalue weighted by Gasteiger charge is -2.18. The number of rotatable bonds is 5. The molecule has 1 aromatic heterocycles. The number of amides is 1. The van der Waals surface area contributed by atoms with Gasteiger partial charge in [-0.2, -0.15) is 4.99 Å². The lowest BCUT2D eigenvalue weighted by Crippen LogP contribution is -2.23. The van der Waals surface area contributed by atoms with Crippen LogP contribution >= 0.6 is 11.3 Å². The molecule has 1 aliphatic rings. The summed E-state index contributed by atoms with van der Waals surface area (Å²) in [4.78, 5) is 30.1. The highest BCUT2D eigenvalue weighted by atomic mass is 32.1. The Labute approximate surface area is 193 Å². The number of nitrogens with zero attached hydrogens (tertiary/aromatic N) is 2. The summed E-state index contributed by atoms with van der Waals surface area (Å²) < 4.78 is 19.1. The van der Waals surface area contributed by atoms with Gasteiger partial charge in [-0.15, -0.1) is 0 Å². The Kier molecular flexibility index (Phi) is 5.83. The Balaban J connectivity index is 1.56. The molecule has 1 aliphatic heterocycles. The van der Waals surface area contributed by atoms with Crippen molar-refractivity contribution in [3.63, 3.8) is 0 Å². The van der Waals surface area contributed by atoms with Gasteiger partial charge in [-0.3, -0.25) is 9.59 Å². The van der Waals surface area contributed by atoms with Crippen molar-refractivity contribution < 1.29 is 23.8 Å². The fourth-order valence-corrected chi connectivity index (χ4v) is 4.99. The molecule has 0 spiro atoms. The van der Waals surface area contributed by atoms with E-state index in [1.807, 2.05) is 54.6 Å². The molecule has 33 heavy (non-hydrogen) atoms. The van der Waals surface area contributed by atoms with Crippen LogP contribution in [0.1, 0.15) is 12.5 Å². The van der Waals surface area contributed by atoms with Crippen LogP contribution in [0.25, 0.3) is 21.0 Å². The molecule has 5 rings (SSSR count). The van der Waals surface area contributed by atoms with E-state index in [1.54, 1.807) is 11.5 Å². The third-order valence-corrected chi connectivity index (χ3v) is 6.42. The predicted octanol–water partition coefficient (Wildman–Crippen LogP) is 3.86. The minimum Gasteiger partial charge on any atom is -0.486 e. The Morgan fingerprint density at radius 2 is 1.82 bits per heavy atom. The zero-order chi connectivity index (χ0) is 22.8. The van der Waals surface area contributed by atoms with Gasteiger partial charge >= 0.3 is 5.97 Å². The molecule has 4 aromatic rings. The van der Waals surface area contributed by atoms with Crippen LogP contribution in [0.15, 0.2) is 59.6 Å². The second-order valence-electron chi connectivity index (χ2n) is 7.56. The predicted molar refractivity (Wildman–Crippen MR) is 126 cm³/mol. The lowest BCUT2D eigenvalue weighted by molar-refractivity contribution is -0.143. The number of ether oxygens (including phenoxy) is 3. The highest BCUT2D eigenvalue weighted by Gasteiger charge is 2.18. The summed E-state index contributed by atoms with van der Waals surface area (Å²) in [6.45, 7) is 2.93. The van der Waals surface area contributed by atoms with E-state index in [-0.39, 0.29) is 25.5 Å². The Hall–Kier alpha value is -3.65. The summed E-state index contributed by atoms with van der Waals surface area (Å²) in [7, 11) is 0. The topological polar surface area (TPSA) is 79.1 Å². The molecular weight excluding hydrogens is 440 g/mol. The van der Waals surface area contributed by atoms with Crippen LogP contribution in [0.4, 0.5) is 0 Å². The minimum absolute atomic E-state index is 0.0478. The van der Waals surface area contributed by atoms with Gasteiger partial charge < -0.3 is 18.8 Å². The molecule has 168 valence electrons. The zero-order valence-corrected chi connectivity index (χ0v) is 18.9. The summed E-state index contributed by atoms with van der Waals surface area (Å²) >= 11 is 1.33. The first kappa shape index (κ1) is 21.2. The largest absolute Gasteiger partial charge is 0.486 e. The zero-order valence-electron chi connectivity index (χ0n) is 18.1. The summed E-state index contributed by atoms with van der Waals surface area (Å²) in [5.41, 5.74) is 1.66. The first-order chi connectivity index (χ1) is 16.1. The molecule has 0 N–H and O–H groups in total. The summed E-state index contributed by atoms with van der Waals surface area (Å²) in [5, 5.41) is 2.11. The molecule has 7 nitrogen and oxygen atoms in total. The van der Waals surface area contributed by atoms with Gasteiger partial charge in [0.05, 0.1) is 23.2 Å². The average molecular weight is 463 g/mol. The molecule has 2 heterocycles. The number of aromatic nitrogens is 1. The number of carbonyl (C=O) groups is 2. The maximum absolute atomic E-state index is 13.0. The smallest absolute Gasteiger partial charge is 0.326 e. The van der Waals surface area contributed by atoms with Crippen molar-refractivity contribution >= 4 is 44.2 Å². The molecule has 8 heteroatoms. The molecule has 0 unspecified atom stereocenters. The second kappa shape index (κ2) is 9.07. The average Bonchev–Trinajstić information content (AvgIpc) is 3.13. The molecule has 0 aliphatic carbocycles. The number of carbonyl (C=O) groups excluding carboxylic acids is 2. The van der Waals surface area contributed by atoms with Crippen molar-refractivity contribution in [1.29, 1.82) is 0 Å². The highest BCUT2D eigenvalue weighted by molar-refractivity contribution is 7.16. The molecule has 0 fully saturated rings. The van der Waals surface area contributed by atoms with Gasteiger partial charge in [0.25, 0.3) is 5.91 Å². The van der Waals surface area contributed by atoms with Crippen molar-refractivity contribution in [1.82, 2.24) is 4.57 Å². The van der Waals surface area contributed by atoms with E-state index in [1.165, 1.54) is 11.3 Å². The molecule has 0 bridgehead atoms. The molecule has 3 aromatic carbocycles. The van der Waals surface area contributed by atoms with E-state index in [2.05, 4.69) is 4.99 Å². The minimum atomic E-state index is -0.393. The Bertz CT molecular complexity index is 1430. The van der Waals surface area contributed by atoms with Crippen LogP contribution in [0.5, 0.6) is 11.5 Å². The highest BCUT2D eigenvalue weighted by Crippen LogP contribution is 2.35. The number of hydrogen-bond donors (Lipinski definition) is 0. The first-order valence-corrected chi connectivity index (χ1v) is 11.6. The van der Waals surface area contributed by atoms with Crippen LogP contribution in [-0.2, 0) is 27.3 Å². The molecule has 0 saturated heterocycles. The van der Waals surface area contributed by atoms with E-state index in [9.17, 15) is 9.59 Å². The lowest BCUT2D eigenvalue weighted by atomic mass is 10.0. The SMILES string of the molecule is CCOC(=O)Cn1c(=NC(=O)Cc2cccc3ccccc23)sc2cc3c(cc21)OCCO3. The van der Waals surface area contributed by atoms with Gasteiger partial charge in [0.1, 0.15) is 19.8 Å². The third-order valence-electron chi connectivity index (χ3n) is 5.38. The molecule has 0 atom stereocenters. The van der Waals surface area contributed by atoms with Crippen LogP contribution in [0, 0.1) is 0 Å². The maximum atomic E-state index is 13.0. The summed E-state index contributed by atoms with van der Waals surface area (Å²) in [6.07, 6.45) is 0.164. The third kappa shape index (κ3) is 4.34. The fraction of sp³-hybridized carbons (Fsp3) is 0.240. The van der Waals surface area contributed by atoms with Crippen molar-refractivity contribution in [2.75, 3.05) is 19.8 Å². The van der Waals surface area contributed by atoms with Crippen molar-refractivity contribution in [3.05, 3.63) is 65.0 Å². The van der Waals surface area contributed by atoms with Gasteiger partial charge in [0.2, 0.25) is 0 Å². The van der Waals surface area contributed by atoms with E-state index in [4.69, 9.17) is 14.2 Å². The summed E-state index contributed by atoms with van der Waals surface area (Å²) in [6, 6.07) is 17.5. The van der Waals surface area contributed by atoms with Crippen LogP contribution < -0.4 is 14.3 Å². The van der Waals surface area contributed by atoms with E-state index in [0.717, 1.165) is 26.6 Å². The quantitative estimate of drug-likeness (QED) is 0.421. The van der Waals surface area contributed by atoms with Gasteiger partial charge in [-0.25, -0.2) is 0 Å². The number of thiazole rings is 1. The van der Waals surface area contributed by atoms with E-state index >= 15 is 0 Å². The monoisotopic (exact) mass is 462 g/mol. The first-order valence-electron chi connectivity index (χ1n) is 10.7. The van der Waals surface area contributed by atoms with Gasteiger partial charge in [0.15, 0.2) is 16.3 Å². The maximum Gasteiger partial charge on any atom is 0.326 e. The normalized spacial score (nSPS) is 13.4. The Morgan fingerprint density at radius 3 is 2.64 bits per heavy atom. The van der Waals surface area contributed by atoms with Gasteiger partial charge in [0, 0.05) is 12.1 Å². The molecule has 0 saturated carbocycles. The van der Waals surface area contributed by atoms with Crippen LogP contribution in [0.2, 0.25) is 0 Å². The van der Waals surface area contributed by atoms with Crippen LogP contribution in [0.3, 0.4) is 0 Å². The second-order valence-corrected chi connectivity index (χ2v) is 8.57. The van der Waals surface area contributed by atoms with Crippen LogP contribution in [-0.4, -0.2) is 36.3 Å². The van der Waals surface area contributed by atoms with E-state index < -0.39 is 5.97 Å². The summed E-state index contributed by atoms with van der Waals surface area (Å²) in [5.74, 6) is 0.576. The number of fused-ring (bicyclic) bond motifs is 3. The Morgan fingerprint density at radius 1 is 1.06 bits per heavy atom. The molecular formula is C25H22N2O5S. The van der Waals surface area contributed by atoms with Gasteiger partial charge in [-0.05, 0) is 23.3 Å². The van der Waals surface area contributed by atoms with Crippen molar-refractivity contribution in [3.8, 4) is 11.5 Å². The van der Waals surface area contributed by atoms with Gasteiger partial charge in [-0.1, -0.05) is 53.8 Å². The molecule has 1 amide bonds. The fourth-order valence-electron chi connectivity index (χ4n) is 3.94. The van der Waals surface area contributed by atoms with E-state index in [0.29, 0.717) is 29.5 Å². The van der Waals surface area contributed by atoms with Crippen molar-refractivity contribution in [2.24, 2.45) is 4.99 Å². The number of esters is 1. The standard InChI is InChI=1S/C25H22N2O5S/c1-2-30-24(29)15-27-19-13-20-21(32-11-10-31-20)14-22(19)33-25(27)26-23(28)12-17-8-5-7-16-6-3-4-9-18(16)17/h3-9,13-14H,2,10-12,15H2,1H3. The van der Waals surface area contributed by atoms with Crippen molar-refractivity contribution in [2.45, 2.75) is 19.9 Å².